The Labute approximate surface area is 106 Å². The first kappa shape index (κ1) is 11.3. The third-order valence-electron chi connectivity index (χ3n) is 3.48. The van der Waals surface area contributed by atoms with Crippen LogP contribution in [0.15, 0.2) is 30.3 Å². The van der Waals surface area contributed by atoms with Gasteiger partial charge in [0.05, 0.1) is 11.6 Å². The lowest BCUT2D eigenvalue weighted by Gasteiger charge is -2.15. The smallest absolute Gasteiger partial charge is 0.338 e. The van der Waals surface area contributed by atoms with Gasteiger partial charge >= 0.3 is 5.97 Å². The molecule has 2 fully saturated rings. The van der Waals surface area contributed by atoms with E-state index in [4.69, 9.17) is 4.74 Å². The van der Waals surface area contributed by atoms with Gasteiger partial charge in [0.2, 0.25) is 5.91 Å². The number of nitrogens with zero attached hydrogens (tertiary/aromatic N) is 1. The number of rotatable bonds is 3. The van der Waals surface area contributed by atoms with E-state index in [2.05, 4.69) is 0 Å². The highest BCUT2D eigenvalue weighted by molar-refractivity contribution is 5.89. The van der Waals surface area contributed by atoms with Crippen LogP contribution in [0.4, 0.5) is 0 Å². The lowest BCUT2D eigenvalue weighted by atomic mass is 10.2. The standard InChI is InChI=1S/C14H15NO3/c16-13-7-4-8-15(13)11-9-12(11)18-14(17)10-5-2-1-3-6-10/h1-3,5-6,11-12H,4,7-9H2/t11-,12-/m0/s1. The fourth-order valence-corrected chi connectivity index (χ4v) is 2.41. The van der Waals surface area contributed by atoms with E-state index in [1.165, 1.54) is 0 Å². The summed E-state index contributed by atoms with van der Waals surface area (Å²) < 4.78 is 5.39. The summed E-state index contributed by atoms with van der Waals surface area (Å²) in [6, 6.07) is 9.07. The number of likely N-dealkylation sites (tertiary alicyclic amines) is 1. The minimum Gasteiger partial charge on any atom is -0.456 e. The molecule has 1 saturated heterocycles. The lowest BCUT2D eigenvalue weighted by molar-refractivity contribution is -0.128. The maximum atomic E-state index is 11.8. The molecule has 0 bridgehead atoms. The molecule has 1 aromatic rings. The van der Waals surface area contributed by atoms with Gasteiger partial charge in [0.15, 0.2) is 0 Å². The van der Waals surface area contributed by atoms with Crippen LogP contribution in [0, 0.1) is 0 Å². The average molecular weight is 245 g/mol. The van der Waals surface area contributed by atoms with E-state index in [9.17, 15) is 9.59 Å². The normalized spacial score (nSPS) is 26.2. The molecule has 0 aromatic heterocycles. The minimum absolute atomic E-state index is 0.111. The Morgan fingerprint density at radius 3 is 2.72 bits per heavy atom. The van der Waals surface area contributed by atoms with E-state index < -0.39 is 0 Å². The molecule has 0 spiro atoms. The third kappa shape index (κ3) is 2.10. The van der Waals surface area contributed by atoms with Gasteiger partial charge in [-0.05, 0) is 18.6 Å². The Kier molecular flexibility index (Phi) is 2.78. The number of hydrogen-bond acceptors (Lipinski definition) is 3. The number of benzene rings is 1. The van der Waals surface area contributed by atoms with Gasteiger partial charge in [-0.1, -0.05) is 18.2 Å². The second-order valence-electron chi connectivity index (χ2n) is 4.80. The lowest BCUT2D eigenvalue weighted by Crippen LogP contribution is -2.30. The summed E-state index contributed by atoms with van der Waals surface area (Å²) in [4.78, 5) is 25.2. The molecular weight excluding hydrogens is 230 g/mol. The van der Waals surface area contributed by atoms with Gasteiger partial charge in [0.25, 0.3) is 0 Å². The van der Waals surface area contributed by atoms with Gasteiger partial charge in [-0.15, -0.1) is 0 Å². The molecule has 1 heterocycles. The Balaban J connectivity index is 1.57. The number of amides is 1. The Hall–Kier alpha value is -1.84. The van der Waals surface area contributed by atoms with E-state index in [1.807, 2.05) is 23.1 Å². The molecule has 2 atom stereocenters. The van der Waals surface area contributed by atoms with Crippen molar-refractivity contribution in [1.29, 1.82) is 0 Å². The summed E-state index contributed by atoms with van der Waals surface area (Å²) in [6.45, 7) is 0.808. The monoisotopic (exact) mass is 245 g/mol. The highest BCUT2D eigenvalue weighted by Gasteiger charge is 2.48. The molecule has 94 valence electrons. The van der Waals surface area contributed by atoms with Gasteiger partial charge in [-0.2, -0.15) is 0 Å². The Morgan fingerprint density at radius 2 is 2.06 bits per heavy atom. The van der Waals surface area contributed by atoms with Crippen molar-refractivity contribution in [3.05, 3.63) is 35.9 Å². The largest absolute Gasteiger partial charge is 0.456 e. The maximum Gasteiger partial charge on any atom is 0.338 e. The van der Waals surface area contributed by atoms with Crippen LogP contribution in [-0.2, 0) is 9.53 Å². The first-order valence-electron chi connectivity index (χ1n) is 6.31. The van der Waals surface area contributed by atoms with Crippen molar-refractivity contribution < 1.29 is 14.3 Å². The molecule has 4 nitrogen and oxygen atoms in total. The Bertz CT molecular complexity index is 471. The molecule has 1 aliphatic carbocycles. The molecule has 1 aromatic carbocycles. The average Bonchev–Trinajstić information content (AvgIpc) is 3.01. The summed E-state index contributed by atoms with van der Waals surface area (Å²) in [5, 5.41) is 0. The number of ether oxygens (including phenoxy) is 1. The highest BCUT2D eigenvalue weighted by atomic mass is 16.6. The van der Waals surface area contributed by atoms with Crippen LogP contribution in [0.2, 0.25) is 0 Å². The van der Waals surface area contributed by atoms with Crippen molar-refractivity contribution in [3.8, 4) is 0 Å². The fourth-order valence-electron chi connectivity index (χ4n) is 2.41. The van der Waals surface area contributed by atoms with E-state index in [0.29, 0.717) is 12.0 Å². The van der Waals surface area contributed by atoms with Crippen molar-refractivity contribution in [2.75, 3.05) is 6.54 Å². The molecule has 0 N–H and O–H groups in total. The molecule has 1 aliphatic heterocycles. The van der Waals surface area contributed by atoms with Crippen molar-refractivity contribution in [1.82, 2.24) is 4.90 Å². The van der Waals surface area contributed by atoms with Crippen LogP contribution in [0.3, 0.4) is 0 Å². The number of carbonyl (C=O) groups excluding carboxylic acids is 2. The van der Waals surface area contributed by atoms with Crippen LogP contribution in [0.1, 0.15) is 29.6 Å². The SMILES string of the molecule is O=C(O[C@H]1C[C@@H]1N1CCCC1=O)c1ccccc1. The Morgan fingerprint density at radius 1 is 1.28 bits per heavy atom. The summed E-state index contributed by atoms with van der Waals surface area (Å²) in [5.41, 5.74) is 0.566. The number of carbonyl (C=O) groups is 2. The summed E-state index contributed by atoms with van der Waals surface area (Å²) in [6.07, 6.45) is 2.23. The molecule has 1 amide bonds. The zero-order chi connectivity index (χ0) is 12.5. The van der Waals surface area contributed by atoms with Gasteiger partial charge in [-0.3, -0.25) is 4.79 Å². The van der Waals surface area contributed by atoms with Crippen LogP contribution < -0.4 is 0 Å². The van der Waals surface area contributed by atoms with Crippen molar-refractivity contribution in [2.45, 2.75) is 31.4 Å². The second-order valence-corrected chi connectivity index (χ2v) is 4.80. The first-order chi connectivity index (χ1) is 8.75. The molecule has 1 saturated carbocycles. The van der Waals surface area contributed by atoms with Crippen molar-refractivity contribution >= 4 is 11.9 Å². The van der Waals surface area contributed by atoms with Crippen LogP contribution in [-0.4, -0.2) is 35.5 Å². The highest BCUT2D eigenvalue weighted by Crippen LogP contribution is 2.34. The van der Waals surface area contributed by atoms with Crippen LogP contribution in [0.5, 0.6) is 0 Å². The van der Waals surface area contributed by atoms with E-state index in [0.717, 1.165) is 19.4 Å². The predicted molar refractivity (Wildman–Crippen MR) is 65.0 cm³/mol. The summed E-state index contributed by atoms with van der Waals surface area (Å²) in [7, 11) is 0. The van der Waals surface area contributed by atoms with Gasteiger partial charge in [0.1, 0.15) is 6.10 Å². The van der Waals surface area contributed by atoms with E-state index in [1.54, 1.807) is 12.1 Å². The molecule has 18 heavy (non-hydrogen) atoms. The van der Waals surface area contributed by atoms with Gasteiger partial charge in [-0.25, -0.2) is 4.79 Å². The van der Waals surface area contributed by atoms with Gasteiger partial charge < -0.3 is 9.64 Å². The molecule has 4 heteroatoms. The molecule has 0 radical (unpaired) electrons. The van der Waals surface area contributed by atoms with Crippen molar-refractivity contribution in [2.24, 2.45) is 0 Å². The quantitative estimate of drug-likeness (QED) is 0.760. The summed E-state index contributed by atoms with van der Waals surface area (Å²) >= 11 is 0. The number of esters is 1. The second kappa shape index (κ2) is 4.44. The molecule has 2 aliphatic rings. The fraction of sp³-hybridized carbons (Fsp3) is 0.429. The zero-order valence-electron chi connectivity index (χ0n) is 10.0. The summed E-state index contributed by atoms with van der Waals surface area (Å²) in [5.74, 6) is -0.104. The topological polar surface area (TPSA) is 46.6 Å². The molecular formula is C14H15NO3. The minimum atomic E-state index is -0.297. The third-order valence-corrected chi connectivity index (χ3v) is 3.48. The van der Waals surface area contributed by atoms with Gasteiger partial charge in [0, 0.05) is 19.4 Å². The molecule has 0 unspecified atom stereocenters. The zero-order valence-corrected chi connectivity index (χ0v) is 10.0. The number of hydrogen-bond donors (Lipinski definition) is 0. The molecule has 3 rings (SSSR count). The van der Waals surface area contributed by atoms with E-state index >= 15 is 0 Å². The predicted octanol–water partition coefficient (Wildman–Crippen LogP) is 1.61. The maximum absolute atomic E-state index is 11.8. The van der Waals surface area contributed by atoms with Crippen LogP contribution in [0.25, 0.3) is 0 Å². The van der Waals surface area contributed by atoms with Crippen molar-refractivity contribution in [3.63, 3.8) is 0 Å². The van der Waals surface area contributed by atoms with Crippen LogP contribution >= 0.6 is 0 Å². The first-order valence-corrected chi connectivity index (χ1v) is 6.31. The van der Waals surface area contributed by atoms with E-state index in [-0.39, 0.29) is 24.0 Å².